The van der Waals surface area contributed by atoms with Gasteiger partial charge in [-0.2, -0.15) is 0 Å². The summed E-state index contributed by atoms with van der Waals surface area (Å²) < 4.78 is 5.22. The number of Topliss-reactive ketones (excluding diaryl/α,β-unsaturated/α-hetero) is 1. The largest absolute Gasteiger partial charge is 0.494 e. The minimum Gasteiger partial charge on any atom is -0.494 e. The third-order valence-corrected chi connectivity index (χ3v) is 6.07. The summed E-state index contributed by atoms with van der Waals surface area (Å²) in [5, 5.41) is 14.5. The highest BCUT2D eigenvalue weighted by molar-refractivity contribution is 5.98. The minimum absolute atomic E-state index is 0.0194. The van der Waals surface area contributed by atoms with Gasteiger partial charge in [0.15, 0.2) is 5.78 Å². The molecule has 0 aliphatic rings. The molecule has 274 valence electrons. The monoisotopic (exact) mass is 678 g/mol. The number of hydrogen-bond donors (Lipinski definition) is 3. The van der Waals surface area contributed by atoms with Gasteiger partial charge in [-0.3, -0.25) is 14.4 Å². The number of hydrogen-bond acceptors (Lipinski definition) is 5. The Bertz CT molecular complexity index is 1250. The molecule has 0 saturated heterocycles. The van der Waals surface area contributed by atoms with Crippen LogP contribution in [0.2, 0.25) is 0 Å². The summed E-state index contributed by atoms with van der Waals surface area (Å²) in [7, 11) is 1.87. The van der Waals surface area contributed by atoms with E-state index in [0.29, 0.717) is 18.6 Å². The Morgan fingerprint density at radius 2 is 1.24 bits per heavy atom. The molecule has 49 heavy (non-hydrogen) atoms. The van der Waals surface area contributed by atoms with Crippen molar-refractivity contribution in [1.29, 1.82) is 0 Å². The predicted octanol–water partition coefficient (Wildman–Crippen LogP) is 12.0. The summed E-state index contributed by atoms with van der Waals surface area (Å²) in [6.45, 7) is 27.7. The maximum absolute atomic E-state index is 12.0. The Morgan fingerprint density at radius 3 is 1.57 bits per heavy atom. The second-order valence-corrected chi connectivity index (χ2v) is 9.39. The second kappa shape index (κ2) is 36.2. The molecule has 0 spiro atoms. The maximum Gasteiger partial charge on any atom is 0.306 e. The quantitative estimate of drug-likeness (QED) is 0.106. The molecule has 3 aromatic carbocycles. The lowest BCUT2D eigenvalue weighted by Gasteiger charge is -2.07. The third kappa shape index (κ3) is 26.0. The minimum atomic E-state index is -0.949. The van der Waals surface area contributed by atoms with E-state index < -0.39 is 11.9 Å². The van der Waals surface area contributed by atoms with Crippen LogP contribution in [0.15, 0.2) is 97.1 Å². The number of carbonyl (C=O) groups excluding carboxylic acids is 2. The van der Waals surface area contributed by atoms with Crippen molar-refractivity contribution in [2.75, 3.05) is 24.3 Å². The van der Waals surface area contributed by atoms with Gasteiger partial charge in [0.25, 0.3) is 0 Å². The molecule has 0 aromatic heterocycles. The maximum atomic E-state index is 12.0. The fourth-order valence-electron chi connectivity index (χ4n) is 3.25. The van der Waals surface area contributed by atoms with E-state index in [1.54, 1.807) is 30.3 Å². The highest BCUT2D eigenvalue weighted by atomic mass is 16.5. The number of ether oxygens (including phenoxy) is 1. The van der Waals surface area contributed by atoms with Gasteiger partial charge in [-0.25, -0.2) is 0 Å². The summed E-state index contributed by atoms with van der Waals surface area (Å²) in [6.07, 6.45) is 5.75. The first-order valence-electron chi connectivity index (χ1n) is 17.4. The number of nitrogens with one attached hydrogen (secondary N) is 2. The van der Waals surface area contributed by atoms with Gasteiger partial charge in [0.05, 0.1) is 12.5 Å². The first-order valence-corrected chi connectivity index (χ1v) is 17.4. The Kier molecular flexibility index (Phi) is 37.8. The highest BCUT2D eigenvalue weighted by Gasteiger charge is 2.17. The fraction of sp³-hybridized carbons (Fsp3) is 0.405. The topological polar surface area (TPSA) is 105 Å². The normalized spacial score (nSPS) is 9.61. The molecule has 1 atom stereocenters. The van der Waals surface area contributed by atoms with Crippen LogP contribution in [0.4, 0.5) is 11.4 Å². The lowest BCUT2D eigenvalue weighted by atomic mass is 9.97. The fourth-order valence-corrected chi connectivity index (χ4v) is 3.25. The molecule has 0 heterocycles. The van der Waals surface area contributed by atoms with Crippen molar-refractivity contribution >= 4 is 29.5 Å². The number of amides is 1. The van der Waals surface area contributed by atoms with Crippen LogP contribution in [0.3, 0.4) is 0 Å². The highest BCUT2D eigenvalue weighted by Crippen LogP contribution is 2.22. The van der Waals surface area contributed by atoms with Gasteiger partial charge < -0.3 is 20.5 Å². The second-order valence-electron chi connectivity index (χ2n) is 9.39. The molecule has 7 nitrogen and oxygen atoms in total. The average molecular weight is 679 g/mol. The lowest BCUT2D eigenvalue weighted by Crippen LogP contribution is -2.14. The molecule has 3 N–H and O–H groups in total. The van der Waals surface area contributed by atoms with Crippen LogP contribution >= 0.6 is 0 Å². The van der Waals surface area contributed by atoms with Crippen LogP contribution in [0.5, 0.6) is 5.75 Å². The number of aliphatic carboxylic acids is 1. The molecule has 0 aliphatic carbocycles. The van der Waals surface area contributed by atoms with Gasteiger partial charge in [0.1, 0.15) is 5.75 Å². The van der Waals surface area contributed by atoms with Gasteiger partial charge in [-0.05, 0) is 81.6 Å². The Hall–Kier alpha value is -4.65. The number of carbonyl (C=O) groups is 3. The van der Waals surface area contributed by atoms with E-state index in [1.807, 2.05) is 111 Å². The smallest absolute Gasteiger partial charge is 0.306 e. The molecular formula is C42H66N2O5. The van der Waals surface area contributed by atoms with E-state index in [1.165, 1.54) is 18.9 Å². The first-order chi connectivity index (χ1) is 23.6. The van der Waals surface area contributed by atoms with E-state index in [0.717, 1.165) is 28.3 Å². The van der Waals surface area contributed by atoms with E-state index in [9.17, 15) is 14.4 Å². The molecule has 0 fully saturated rings. The lowest BCUT2D eigenvalue weighted by molar-refractivity contribution is -0.141. The Balaban J connectivity index is -0.000000315. The number of anilines is 2. The molecule has 0 saturated carbocycles. The van der Waals surface area contributed by atoms with Crippen molar-refractivity contribution in [2.45, 2.75) is 95.9 Å². The van der Waals surface area contributed by atoms with Gasteiger partial charge in [-0.15, -0.1) is 6.58 Å². The summed E-state index contributed by atoms with van der Waals surface area (Å²) in [5.41, 5.74) is 5.91. The Morgan fingerprint density at radius 1 is 0.816 bits per heavy atom. The van der Waals surface area contributed by atoms with Crippen molar-refractivity contribution in [3.05, 3.63) is 103 Å². The van der Waals surface area contributed by atoms with Crippen LogP contribution in [0, 0.1) is 5.92 Å². The molecule has 0 aliphatic heterocycles. The summed E-state index contributed by atoms with van der Waals surface area (Å²) >= 11 is 0. The third-order valence-electron chi connectivity index (χ3n) is 6.07. The van der Waals surface area contributed by atoms with E-state index >= 15 is 0 Å². The number of benzene rings is 3. The number of carboxylic acids is 1. The van der Waals surface area contributed by atoms with Crippen molar-refractivity contribution < 1.29 is 24.2 Å². The van der Waals surface area contributed by atoms with Crippen molar-refractivity contribution in [3.8, 4) is 16.9 Å². The zero-order chi connectivity index (χ0) is 38.6. The van der Waals surface area contributed by atoms with E-state index in [-0.39, 0.29) is 12.2 Å². The van der Waals surface area contributed by atoms with E-state index in [2.05, 4.69) is 44.1 Å². The van der Waals surface area contributed by atoms with Crippen molar-refractivity contribution in [3.63, 3.8) is 0 Å². The first kappa shape index (κ1) is 51.2. The average Bonchev–Trinajstić information content (AvgIpc) is 3.15. The Labute approximate surface area is 298 Å². The molecule has 0 bridgehead atoms. The molecule has 0 radical (unpaired) electrons. The molecule has 1 unspecified atom stereocenters. The van der Waals surface area contributed by atoms with Crippen LogP contribution < -0.4 is 15.4 Å². The van der Waals surface area contributed by atoms with Gasteiger partial charge in [0.2, 0.25) is 6.41 Å². The molecule has 1 amide bonds. The number of rotatable bonds is 11. The van der Waals surface area contributed by atoms with E-state index in [4.69, 9.17) is 9.84 Å². The molecule has 7 heteroatoms. The SMILES string of the molecule is C/C=C(/C)CC.C=CC.CC.CC.CC.CCOc1ccc(NC=O)cc1.CNc1ccc(-c2ccc(C(=O)CC(C)C(=O)O)cc2)cc1. The molecular weight excluding hydrogens is 612 g/mol. The van der Waals surface area contributed by atoms with Crippen LogP contribution in [-0.2, 0) is 9.59 Å². The van der Waals surface area contributed by atoms with Crippen molar-refractivity contribution in [2.24, 2.45) is 5.92 Å². The molecule has 3 aromatic rings. The standard InChI is InChI=1S/C18H19NO3.C9H11NO2.C6H12.C3H6.3C2H6/c1-12(18(21)22)11-17(20)15-5-3-13(4-6-15)14-7-9-16(19-2)10-8-14;1-2-12-9-5-3-8(4-6-9)10-7-11;1-4-6(3)5-2;1-3-2;3*1-2/h3-10,12,19H,11H2,1-2H3,(H,21,22);3-7H,2H2,1H3,(H,10,11);4H,5H2,1-3H3;3H,1H2,2H3;3*1-2H3/b;;6-4-;;;;. The van der Waals surface area contributed by atoms with Crippen LogP contribution in [0.1, 0.15) is 106 Å². The van der Waals surface area contributed by atoms with Crippen LogP contribution in [-0.4, -0.2) is 36.9 Å². The van der Waals surface area contributed by atoms with Gasteiger partial charge >= 0.3 is 5.97 Å². The predicted molar refractivity (Wildman–Crippen MR) is 214 cm³/mol. The number of allylic oxidation sites excluding steroid dienone is 3. The summed E-state index contributed by atoms with van der Waals surface area (Å²) in [5.74, 6) is -0.947. The summed E-state index contributed by atoms with van der Waals surface area (Å²) in [4.78, 5) is 32.9. The van der Waals surface area contributed by atoms with Crippen LogP contribution in [0.25, 0.3) is 11.1 Å². The van der Waals surface area contributed by atoms with Crippen molar-refractivity contribution in [1.82, 2.24) is 0 Å². The molecule has 3 rings (SSSR count). The summed E-state index contributed by atoms with van der Waals surface area (Å²) in [6, 6.07) is 22.5. The zero-order valence-electron chi connectivity index (χ0n) is 32.6. The van der Waals surface area contributed by atoms with Gasteiger partial charge in [0, 0.05) is 30.4 Å². The zero-order valence-corrected chi connectivity index (χ0v) is 32.6. The van der Waals surface area contributed by atoms with Gasteiger partial charge in [-0.1, -0.05) is 110 Å². The number of carboxylic acid groups (broad SMARTS) is 1. The number of ketones is 1.